The molecule has 4 aromatic rings. The van der Waals surface area contributed by atoms with E-state index in [1.165, 1.54) is 29.4 Å². The monoisotopic (exact) mass is 485 g/mol. The van der Waals surface area contributed by atoms with Gasteiger partial charge >= 0.3 is 0 Å². The third-order valence-corrected chi connectivity index (χ3v) is 9.26. The smallest absolute Gasteiger partial charge is 0.252 e. The van der Waals surface area contributed by atoms with E-state index < -0.39 is 10.0 Å². The number of sulfonamides is 1. The summed E-state index contributed by atoms with van der Waals surface area (Å²) in [7, 11) is -2.32. The maximum Gasteiger partial charge on any atom is 0.252 e. The number of hydrogen-bond donors (Lipinski definition) is 0. The van der Waals surface area contributed by atoms with Crippen LogP contribution < -0.4 is 4.90 Å². The Labute approximate surface area is 195 Å². The van der Waals surface area contributed by atoms with E-state index in [2.05, 4.69) is 18.8 Å². The van der Waals surface area contributed by atoms with Crippen molar-refractivity contribution in [3.8, 4) is 0 Å². The molecule has 166 valence electrons. The molecule has 0 N–H and O–H groups in total. The zero-order chi connectivity index (χ0) is 22.9. The quantitative estimate of drug-likeness (QED) is 0.348. The summed E-state index contributed by atoms with van der Waals surface area (Å²) < 4.78 is 27.9. The van der Waals surface area contributed by atoms with E-state index >= 15 is 0 Å². The first-order valence-corrected chi connectivity index (χ1v) is 13.2. The van der Waals surface area contributed by atoms with Crippen molar-refractivity contribution in [2.75, 3.05) is 18.5 Å². The standard InChI is InChI=1S/C23H23N3O3S3/c1-16(2)17-10-12-18(13-11-17)26(23-24-19-7-4-5-8-20(19)31-23)21(27)15-25(3)32(28,29)22-9-6-14-30-22/h4-14,16H,15H2,1-3H3. The van der Waals surface area contributed by atoms with Crippen LogP contribution in [0.3, 0.4) is 0 Å². The van der Waals surface area contributed by atoms with Gasteiger partial charge in [-0.25, -0.2) is 13.4 Å². The highest BCUT2D eigenvalue weighted by Crippen LogP contribution is 2.34. The molecule has 0 saturated carbocycles. The molecule has 2 heterocycles. The van der Waals surface area contributed by atoms with Gasteiger partial charge in [0.25, 0.3) is 10.0 Å². The molecule has 9 heteroatoms. The molecule has 1 amide bonds. The van der Waals surface area contributed by atoms with E-state index in [1.54, 1.807) is 11.4 Å². The van der Waals surface area contributed by atoms with E-state index in [-0.39, 0.29) is 16.7 Å². The summed E-state index contributed by atoms with van der Waals surface area (Å²) >= 11 is 2.53. The van der Waals surface area contributed by atoms with Gasteiger partial charge in [-0.15, -0.1) is 11.3 Å². The highest BCUT2D eigenvalue weighted by atomic mass is 32.2. The number of para-hydroxylation sites is 1. The highest BCUT2D eigenvalue weighted by molar-refractivity contribution is 7.91. The number of carbonyl (C=O) groups is 1. The van der Waals surface area contributed by atoms with Gasteiger partial charge in [-0.05, 0) is 47.2 Å². The Morgan fingerprint density at radius 1 is 1.03 bits per heavy atom. The second-order valence-electron chi connectivity index (χ2n) is 7.63. The third-order valence-electron chi connectivity index (χ3n) is 5.06. The Kier molecular flexibility index (Phi) is 6.43. The van der Waals surface area contributed by atoms with Gasteiger partial charge in [-0.2, -0.15) is 4.31 Å². The minimum Gasteiger partial charge on any atom is -0.272 e. The molecular formula is C23H23N3O3S3. The Balaban J connectivity index is 1.70. The number of fused-ring (bicyclic) bond motifs is 1. The molecule has 0 radical (unpaired) electrons. The zero-order valence-electron chi connectivity index (χ0n) is 17.9. The lowest BCUT2D eigenvalue weighted by Crippen LogP contribution is -2.39. The second-order valence-corrected chi connectivity index (χ2v) is 11.9. The molecule has 4 rings (SSSR count). The van der Waals surface area contributed by atoms with Gasteiger partial charge in [-0.1, -0.05) is 55.5 Å². The van der Waals surface area contributed by atoms with Crippen molar-refractivity contribution in [1.82, 2.24) is 9.29 Å². The highest BCUT2D eigenvalue weighted by Gasteiger charge is 2.28. The molecule has 0 spiro atoms. The number of hydrogen-bond acceptors (Lipinski definition) is 6. The van der Waals surface area contributed by atoms with E-state index in [1.807, 2.05) is 48.5 Å². The van der Waals surface area contributed by atoms with Crippen LogP contribution in [-0.4, -0.2) is 37.2 Å². The van der Waals surface area contributed by atoms with E-state index in [0.29, 0.717) is 16.7 Å². The van der Waals surface area contributed by atoms with Crippen LogP contribution >= 0.6 is 22.7 Å². The molecule has 0 atom stereocenters. The number of aromatic nitrogens is 1. The van der Waals surface area contributed by atoms with Gasteiger partial charge in [0.05, 0.1) is 22.4 Å². The molecule has 32 heavy (non-hydrogen) atoms. The number of thiazole rings is 1. The summed E-state index contributed by atoms with van der Waals surface area (Å²) in [6, 6.07) is 18.6. The third kappa shape index (κ3) is 4.47. The summed E-state index contributed by atoms with van der Waals surface area (Å²) in [4.78, 5) is 19.6. The molecule has 0 bridgehead atoms. The fourth-order valence-electron chi connectivity index (χ4n) is 3.24. The van der Waals surface area contributed by atoms with Crippen molar-refractivity contribution in [3.05, 3.63) is 71.6 Å². The molecule has 2 aromatic carbocycles. The van der Waals surface area contributed by atoms with Gasteiger partial charge in [0.2, 0.25) is 5.91 Å². The lowest BCUT2D eigenvalue weighted by molar-refractivity contribution is -0.117. The number of rotatable bonds is 7. The Morgan fingerprint density at radius 2 is 1.75 bits per heavy atom. The fourth-order valence-corrected chi connectivity index (χ4v) is 6.56. The molecule has 6 nitrogen and oxygen atoms in total. The molecule has 0 aliphatic heterocycles. The second kappa shape index (κ2) is 9.11. The van der Waals surface area contributed by atoms with Crippen LogP contribution in [0.2, 0.25) is 0 Å². The SMILES string of the molecule is CC(C)c1ccc(N(C(=O)CN(C)S(=O)(=O)c2cccs2)c2nc3ccccc3s2)cc1. The predicted molar refractivity (Wildman–Crippen MR) is 131 cm³/mol. The first-order valence-electron chi connectivity index (χ1n) is 10.1. The maximum absolute atomic E-state index is 13.5. The number of amides is 1. The molecule has 0 unspecified atom stereocenters. The first-order chi connectivity index (χ1) is 15.3. The van der Waals surface area contributed by atoms with Gasteiger partial charge in [0.15, 0.2) is 5.13 Å². The molecular weight excluding hydrogens is 462 g/mol. The van der Waals surface area contributed by atoms with Gasteiger partial charge < -0.3 is 0 Å². The van der Waals surface area contributed by atoms with Crippen LogP contribution in [0.4, 0.5) is 10.8 Å². The zero-order valence-corrected chi connectivity index (χ0v) is 20.4. The van der Waals surface area contributed by atoms with Crippen molar-refractivity contribution in [2.24, 2.45) is 0 Å². The van der Waals surface area contributed by atoms with E-state index in [4.69, 9.17) is 0 Å². The van der Waals surface area contributed by atoms with Crippen LogP contribution in [0, 0.1) is 0 Å². The molecule has 0 aliphatic carbocycles. The lowest BCUT2D eigenvalue weighted by Gasteiger charge is -2.23. The summed E-state index contributed by atoms with van der Waals surface area (Å²) in [5.41, 5.74) is 2.60. The number of carbonyl (C=O) groups excluding carboxylic acids is 1. The van der Waals surface area contributed by atoms with E-state index in [0.717, 1.165) is 31.4 Å². The summed E-state index contributed by atoms with van der Waals surface area (Å²) in [5, 5.41) is 2.21. The van der Waals surface area contributed by atoms with Gasteiger partial charge in [0.1, 0.15) is 4.21 Å². The summed E-state index contributed by atoms with van der Waals surface area (Å²) in [6.07, 6.45) is 0. The lowest BCUT2D eigenvalue weighted by atomic mass is 10.0. The van der Waals surface area contributed by atoms with Crippen LogP contribution in [-0.2, 0) is 14.8 Å². The normalized spacial score (nSPS) is 12.0. The van der Waals surface area contributed by atoms with Crippen molar-refractivity contribution in [3.63, 3.8) is 0 Å². The molecule has 0 aliphatic rings. The summed E-state index contributed by atoms with van der Waals surface area (Å²) in [5.74, 6) is -0.0123. The number of thiophene rings is 1. The van der Waals surface area contributed by atoms with Crippen molar-refractivity contribution < 1.29 is 13.2 Å². The first kappa shape index (κ1) is 22.6. The van der Waals surface area contributed by atoms with E-state index in [9.17, 15) is 13.2 Å². The fraction of sp³-hybridized carbons (Fsp3) is 0.217. The molecule has 0 fully saturated rings. The minimum atomic E-state index is -3.74. The number of likely N-dealkylation sites (N-methyl/N-ethyl adjacent to an activating group) is 1. The Morgan fingerprint density at radius 3 is 2.38 bits per heavy atom. The molecule has 2 aromatic heterocycles. The van der Waals surface area contributed by atoms with Crippen molar-refractivity contribution in [1.29, 1.82) is 0 Å². The average Bonchev–Trinajstić information content (AvgIpc) is 3.44. The maximum atomic E-state index is 13.5. The largest absolute Gasteiger partial charge is 0.272 e. The number of nitrogens with zero attached hydrogens (tertiary/aromatic N) is 3. The van der Waals surface area contributed by atoms with Gasteiger partial charge in [0, 0.05) is 7.05 Å². The van der Waals surface area contributed by atoms with Crippen LogP contribution in [0.15, 0.2) is 70.3 Å². The van der Waals surface area contributed by atoms with Crippen molar-refractivity contribution >= 4 is 59.6 Å². The Bertz CT molecular complexity index is 1290. The van der Waals surface area contributed by atoms with Gasteiger partial charge in [-0.3, -0.25) is 9.69 Å². The summed E-state index contributed by atoms with van der Waals surface area (Å²) in [6.45, 7) is 3.91. The average molecular weight is 486 g/mol. The number of anilines is 2. The predicted octanol–water partition coefficient (Wildman–Crippen LogP) is 5.47. The van der Waals surface area contributed by atoms with Crippen LogP contribution in [0.5, 0.6) is 0 Å². The molecule has 0 saturated heterocycles. The van der Waals surface area contributed by atoms with Crippen molar-refractivity contribution in [2.45, 2.75) is 24.0 Å². The topological polar surface area (TPSA) is 70.6 Å². The van der Waals surface area contributed by atoms with Crippen LogP contribution in [0.1, 0.15) is 25.3 Å². The minimum absolute atomic E-state index is 0.209. The number of benzene rings is 2. The Hall–Kier alpha value is -2.59. The van der Waals surface area contributed by atoms with Crippen LogP contribution in [0.25, 0.3) is 10.2 Å².